The molecule has 0 saturated heterocycles. The molecule has 1 aliphatic carbocycles. The van der Waals surface area contributed by atoms with Gasteiger partial charge in [-0.25, -0.2) is 9.37 Å². The van der Waals surface area contributed by atoms with Gasteiger partial charge in [0.2, 0.25) is 0 Å². The van der Waals surface area contributed by atoms with E-state index in [4.69, 9.17) is 0 Å². The molecular formula is C14H16BrFN4. The molecule has 4 nitrogen and oxygen atoms in total. The third-order valence-electron chi connectivity index (χ3n) is 3.69. The minimum atomic E-state index is -0.101. The second-order valence-corrected chi connectivity index (χ2v) is 6.05. The molecule has 0 spiro atoms. The van der Waals surface area contributed by atoms with Crippen LogP contribution in [0.2, 0.25) is 0 Å². The van der Waals surface area contributed by atoms with Crippen LogP contribution >= 0.6 is 15.9 Å². The lowest BCUT2D eigenvalue weighted by Gasteiger charge is -2.21. The Bertz CT molecular complexity index is 599. The summed E-state index contributed by atoms with van der Waals surface area (Å²) in [4.78, 5) is 3.94. The van der Waals surface area contributed by atoms with Crippen molar-refractivity contribution in [3.05, 3.63) is 46.2 Å². The Labute approximate surface area is 125 Å². The fourth-order valence-corrected chi connectivity index (χ4v) is 3.49. The highest BCUT2D eigenvalue weighted by atomic mass is 79.9. The van der Waals surface area contributed by atoms with Crippen LogP contribution in [0.4, 0.5) is 4.39 Å². The van der Waals surface area contributed by atoms with Crippen LogP contribution < -0.4 is 5.32 Å². The van der Waals surface area contributed by atoms with Crippen molar-refractivity contribution in [1.29, 1.82) is 0 Å². The van der Waals surface area contributed by atoms with E-state index < -0.39 is 0 Å². The maximum absolute atomic E-state index is 13.8. The summed E-state index contributed by atoms with van der Waals surface area (Å²) in [7, 11) is 0. The van der Waals surface area contributed by atoms with Crippen LogP contribution in [0.5, 0.6) is 0 Å². The summed E-state index contributed by atoms with van der Waals surface area (Å²) in [6, 6.07) is 3.75. The van der Waals surface area contributed by atoms with Gasteiger partial charge in [0.1, 0.15) is 18.5 Å². The average molecular weight is 339 g/mol. The molecule has 0 radical (unpaired) electrons. The van der Waals surface area contributed by atoms with Crippen molar-refractivity contribution in [1.82, 2.24) is 20.1 Å². The topological polar surface area (TPSA) is 42.7 Å². The number of aromatic nitrogens is 3. The molecule has 1 aromatic heterocycles. The van der Waals surface area contributed by atoms with Crippen LogP contribution in [0.15, 0.2) is 29.3 Å². The molecule has 2 atom stereocenters. The van der Waals surface area contributed by atoms with E-state index in [0.717, 1.165) is 35.0 Å². The highest BCUT2D eigenvalue weighted by molar-refractivity contribution is 9.10. The Morgan fingerprint density at radius 1 is 1.55 bits per heavy atom. The molecule has 2 aromatic rings. The molecule has 1 aromatic carbocycles. The second kappa shape index (κ2) is 5.61. The molecule has 1 aliphatic rings. The van der Waals surface area contributed by atoms with Gasteiger partial charge in [-0.2, -0.15) is 5.10 Å². The van der Waals surface area contributed by atoms with Crippen LogP contribution in [0.1, 0.15) is 30.5 Å². The normalized spacial score (nSPS) is 19.1. The lowest BCUT2D eigenvalue weighted by molar-refractivity contribution is 0.397. The van der Waals surface area contributed by atoms with Crippen molar-refractivity contribution in [3.8, 4) is 0 Å². The highest BCUT2D eigenvalue weighted by Crippen LogP contribution is 2.38. The fraction of sp³-hybridized carbons (Fsp3) is 0.429. The van der Waals surface area contributed by atoms with E-state index in [1.807, 2.05) is 0 Å². The smallest absolute Gasteiger partial charge is 0.137 e. The first kappa shape index (κ1) is 13.7. The molecule has 0 amide bonds. The zero-order chi connectivity index (χ0) is 14.1. The fourth-order valence-electron chi connectivity index (χ4n) is 2.84. The number of halogens is 2. The Morgan fingerprint density at radius 2 is 2.40 bits per heavy atom. The zero-order valence-corrected chi connectivity index (χ0v) is 12.8. The Hall–Kier alpha value is -1.27. The maximum atomic E-state index is 13.8. The molecular weight excluding hydrogens is 323 g/mol. The van der Waals surface area contributed by atoms with E-state index in [-0.39, 0.29) is 17.9 Å². The van der Waals surface area contributed by atoms with Crippen LogP contribution in [0.25, 0.3) is 0 Å². The molecule has 0 saturated carbocycles. The summed E-state index contributed by atoms with van der Waals surface area (Å²) >= 11 is 3.54. The molecule has 0 bridgehead atoms. The summed E-state index contributed by atoms with van der Waals surface area (Å²) in [5, 5.41) is 7.66. The van der Waals surface area contributed by atoms with E-state index in [2.05, 4.69) is 38.3 Å². The maximum Gasteiger partial charge on any atom is 0.137 e. The third-order valence-corrected chi connectivity index (χ3v) is 4.38. The molecule has 0 fully saturated rings. The van der Waals surface area contributed by atoms with Gasteiger partial charge in [-0.05, 0) is 43.0 Å². The second-order valence-electron chi connectivity index (χ2n) is 5.20. The van der Waals surface area contributed by atoms with Crippen molar-refractivity contribution in [2.24, 2.45) is 0 Å². The van der Waals surface area contributed by atoms with Gasteiger partial charge in [0.15, 0.2) is 0 Å². The van der Waals surface area contributed by atoms with Crippen LogP contribution in [0.3, 0.4) is 0 Å². The lowest BCUT2D eigenvalue weighted by atomic mass is 10.1. The van der Waals surface area contributed by atoms with Crippen molar-refractivity contribution in [3.63, 3.8) is 0 Å². The Kier molecular flexibility index (Phi) is 3.85. The number of nitrogens with zero attached hydrogens (tertiary/aromatic N) is 3. The van der Waals surface area contributed by atoms with Gasteiger partial charge in [-0.1, -0.05) is 15.9 Å². The monoisotopic (exact) mass is 338 g/mol. The number of hydrogen-bond donors (Lipinski definition) is 1. The molecule has 106 valence electrons. The van der Waals surface area contributed by atoms with Crippen LogP contribution in [-0.2, 0) is 13.0 Å². The Morgan fingerprint density at radius 3 is 3.15 bits per heavy atom. The minimum Gasteiger partial charge on any atom is -0.306 e. The zero-order valence-electron chi connectivity index (χ0n) is 11.2. The van der Waals surface area contributed by atoms with E-state index in [9.17, 15) is 4.39 Å². The Balaban J connectivity index is 1.73. The van der Waals surface area contributed by atoms with Crippen molar-refractivity contribution in [2.45, 2.75) is 38.4 Å². The third kappa shape index (κ3) is 2.62. The number of fused-ring (bicyclic) bond motifs is 1. The summed E-state index contributed by atoms with van der Waals surface area (Å²) in [5.41, 5.74) is 1.90. The first-order valence-corrected chi connectivity index (χ1v) is 7.49. The van der Waals surface area contributed by atoms with E-state index >= 15 is 0 Å². The molecule has 6 heteroatoms. The first-order chi connectivity index (χ1) is 9.65. The molecule has 1 heterocycles. The summed E-state index contributed by atoms with van der Waals surface area (Å²) < 4.78 is 16.6. The number of nitrogens with one attached hydrogen (secondary N) is 1. The van der Waals surface area contributed by atoms with E-state index in [0.29, 0.717) is 0 Å². The summed E-state index contributed by atoms with van der Waals surface area (Å²) in [6.45, 7) is 2.85. The number of benzene rings is 1. The number of rotatable bonds is 4. The van der Waals surface area contributed by atoms with Gasteiger partial charge in [-0.3, -0.25) is 4.68 Å². The quantitative estimate of drug-likeness (QED) is 0.932. The molecule has 0 unspecified atom stereocenters. The van der Waals surface area contributed by atoms with E-state index in [1.54, 1.807) is 17.1 Å². The van der Waals surface area contributed by atoms with Crippen molar-refractivity contribution < 1.29 is 4.39 Å². The summed E-state index contributed by atoms with van der Waals surface area (Å²) in [6.07, 6.45) is 4.95. The van der Waals surface area contributed by atoms with E-state index in [1.165, 1.54) is 12.4 Å². The van der Waals surface area contributed by atoms with Gasteiger partial charge >= 0.3 is 0 Å². The molecule has 3 rings (SSSR count). The molecule has 1 N–H and O–H groups in total. The van der Waals surface area contributed by atoms with Crippen molar-refractivity contribution in [2.75, 3.05) is 0 Å². The molecule has 0 aliphatic heterocycles. The average Bonchev–Trinajstić information content (AvgIpc) is 3.04. The van der Waals surface area contributed by atoms with Gasteiger partial charge in [-0.15, -0.1) is 0 Å². The number of hydrogen-bond acceptors (Lipinski definition) is 3. The molecule has 20 heavy (non-hydrogen) atoms. The lowest BCUT2D eigenvalue weighted by Crippen LogP contribution is -2.33. The van der Waals surface area contributed by atoms with Crippen molar-refractivity contribution >= 4 is 15.9 Å². The van der Waals surface area contributed by atoms with Gasteiger partial charge in [0.25, 0.3) is 0 Å². The van der Waals surface area contributed by atoms with Gasteiger partial charge in [0.05, 0.1) is 6.54 Å². The summed E-state index contributed by atoms with van der Waals surface area (Å²) in [5.74, 6) is -0.101. The minimum absolute atomic E-state index is 0.101. The van der Waals surface area contributed by atoms with Gasteiger partial charge < -0.3 is 5.32 Å². The SMILES string of the molecule is C[C@@H](Cn1cncn1)N[C@@H]1CCc2c(F)ccc(Br)c21. The largest absolute Gasteiger partial charge is 0.306 e. The predicted molar refractivity (Wildman–Crippen MR) is 77.8 cm³/mol. The van der Waals surface area contributed by atoms with Gasteiger partial charge in [0, 0.05) is 16.6 Å². The predicted octanol–water partition coefficient (Wildman–Crippen LogP) is 2.85. The van der Waals surface area contributed by atoms with Crippen LogP contribution in [0, 0.1) is 5.82 Å². The van der Waals surface area contributed by atoms with Crippen LogP contribution in [-0.4, -0.2) is 20.8 Å². The standard InChI is InChI=1S/C14H16BrFN4/c1-9(6-20-8-17-7-18-20)19-13-5-2-10-12(16)4-3-11(15)14(10)13/h3-4,7-9,13,19H,2,5-6H2,1H3/t9-,13+/m0/s1. The first-order valence-electron chi connectivity index (χ1n) is 6.70. The highest BCUT2D eigenvalue weighted by Gasteiger charge is 2.28.